The van der Waals surface area contributed by atoms with Crippen LogP contribution >= 0.6 is 15.9 Å². The summed E-state index contributed by atoms with van der Waals surface area (Å²) < 4.78 is 17.6. The number of hydrogen-bond donors (Lipinski definition) is 0. The Hall–Kier alpha value is -3.56. The van der Waals surface area contributed by atoms with Crippen molar-refractivity contribution in [3.8, 4) is 28.9 Å². The van der Waals surface area contributed by atoms with Gasteiger partial charge in [0.25, 0.3) is 0 Å². The third-order valence-electron chi connectivity index (χ3n) is 3.92. The molecular weight excluding hydrogens is 420 g/mol. The first-order chi connectivity index (χ1) is 13.8. The zero-order valence-electron chi connectivity index (χ0n) is 14.5. The van der Waals surface area contributed by atoms with Crippen molar-refractivity contribution in [3.63, 3.8) is 0 Å². The zero-order chi connectivity index (χ0) is 19.3. The first-order valence-corrected chi connectivity index (χ1v) is 9.16. The highest BCUT2D eigenvalue weighted by Crippen LogP contribution is 2.42. The van der Waals surface area contributed by atoms with Crippen molar-refractivity contribution in [1.82, 2.24) is 0 Å². The summed E-state index contributed by atoms with van der Waals surface area (Å²) in [5, 5.41) is 9.73. The van der Waals surface area contributed by atoms with Crippen LogP contribution in [-0.4, -0.2) is 6.21 Å². The van der Waals surface area contributed by atoms with Gasteiger partial charge in [0.1, 0.15) is 17.4 Å². The van der Waals surface area contributed by atoms with E-state index in [0.717, 1.165) is 10.0 Å². The molecule has 3 heterocycles. The van der Waals surface area contributed by atoms with Gasteiger partial charge in [-0.2, -0.15) is 5.26 Å². The van der Waals surface area contributed by atoms with Crippen molar-refractivity contribution in [1.29, 1.82) is 5.26 Å². The molecule has 0 saturated heterocycles. The average Bonchev–Trinajstić information content (AvgIpc) is 3.46. The number of rotatable bonds is 5. The molecule has 0 radical (unpaired) electrons. The van der Waals surface area contributed by atoms with Crippen molar-refractivity contribution in [2.75, 3.05) is 0 Å². The Morgan fingerprint density at radius 3 is 2.32 bits per heavy atom. The standard InChI is InChI=1S/C22H13BrN2O3/c23-16(12-15-6-2-1-3-7-15)14-25-22-17(13-24)20(18-8-4-10-26-18)21(28-22)19-9-5-11-27-19/h1-12,14H/b16-12+,25-14+. The summed E-state index contributed by atoms with van der Waals surface area (Å²) >= 11 is 3.47. The molecule has 6 heteroatoms. The SMILES string of the molecule is N#Cc1c(/N=C/C(Br)=C\c2ccccc2)oc(-c2ccco2)c1-c1ccco1. The second kappa shape index (κ2) is 7.99. The van der Waals surface area contributed by atoms with Crippen LogP contribution in [0, 0.1) is 11.3 Å². The fourth-order valence-electron chi connectivity index (χ4n) is 2.72. The molecule has 0 aliphatic carbocycles. The zero-order valence-corrected chi connectivity index (χ0v) is 16.1. The molecule has 0 bridgehead atoms. The quantitative estimate of drug-likeness (QED) is 0.324. The fourth-order valence-corrected chi connectivity index (χ4v) is 3.08. The lowest BCUT2D eigenvalue weighted by Gasteiger charge is -1.96. The number of nitrogens with zero attached hydrogens (tertiary/aromatic N) is 2. The second-order valence-corrected chi connectivity index (χ2v) is 6.67. The largest absolute Gasteiger partial charge is 0.464 e. The molecule has 0 atom stereocenters. The molecule has 0 aliphatic heterocycles. The first-order valence-electron chi connectivity index (χ1n) is 8.37. The molecule has 1 aromatic carbocycles. The van der Waals surface area contributed by atoms with Gasteiger partial charge in [0.05, 0.1) is 18.1 Å². The molecule has 4 rings (SSSR count). The van der Waals surface area contributed by atoms with Crippen molar-refractivity contribution in [2.24, 2.45) is 4.99 Å². The Labute approximate surface area is 169 Å². The van der Waals surface area contributed by atoms with E-state index in [-0.39, 0.29) is 11.4 Å². The van der Waals surface area contributed by atoms with Crippen molar-refractivity contribution in [3.05, 3.63) is 82.7 Å². The molecule has 0 unspecified atom stereocenters. The van der Waals surface area contributed by atoms with E-state index in [0.29, 0.717) is 22.8 Å². The van der Waals surface area contributed by atoms with Crippen LogP contribution in [0.3, 0.4) is 0 Å². The number of hydrogen-bond acceptors (Lipinski definition) is 5. The first kappa shape index (κ1) is 17.8. The van der Waals surface area contributed by atoms with E-state index < -0.39 is 0 Å². The van der Waals surface area contributed by atoms with E-state index in [4.69, 9.17) is 13.3 Å². The summed E-state index contributed by atoms with van der Waals surface area (Å²) in [5.41, 5.74) is 1.81. The summed E-state index contributed by atoms with van der Waals surface area (Å²) in [7, 11) is 0. The number of allylic oxidation sites excluding steroid dienone is 1. The number of furan rings is 3. The van der Waals surface area contributed by atoms with E-state index in [9.17, 15) is 5.26 Å². The lowest BCUT2D eigenvalue weighted by atomic mass is 10.1. The van der Waals surface area contributed by atoms with E-state index >= 15 is 0 Å². The molecule has 0 N–H and O–H groups in total. The van der Waals surface area contributed by atoms with E-state index in [1.54, 1.807) is 30.5 Å². The van der Waals surface area contributed by atoms with Gasteiger partial charge in [-0.25, -0.2) is 4.99 Å². The second-order valence-electron chi connectivity index (χ2n) is 5.75. The lowest BCUT2D eigenvalue weighted by molar-refractivity contribution is 0.527. The summed E-state index contributed by atoms with van der Waals surface area (Å²) in [5.74, 6) is 1.57. The van der Waals surface area contributed by atoms with Crippen LogP contribution in [0.2, 0.25) is 0 Å². The predicted molar refractivity (Wildman–Crippen MR) is 110 cm³/mol. The number of aliphatic imine (C=N–C) groups is 1. The molecule has 0 spiro atoms. The summed E-state index contributed by atoms with van der Waals surface area (Å²) in [6.45, 7) is 0. The number of halogens is 1. The summed E-state index contributed by atoms with van der Waals surface area (Å²) in [6, 6.07) is 19.0. The fraction of sp³-hybridized carbons (Fsp3) is 0. The molecule has 5 nitrogen and oxygen atoms in total. The van der Waals surface area contributed by atoms with Crippen LogP contribution < -0.4 is 0 Å². The van der Waals surface area contributed by atoms with Gasteiger partial charge in [-0.3, -0.25) is 0 Å². The summed E-state index contributed by atoms with van der Waals surface area (Å²) in [4.78, 5) is 4.36. The molecule has 0 saturated carbocycles. The van der Waals surface area contributed by atoms with E-state index in [2.05, 4.69) is 27.0 Å². The highest BCUT2D eigenvalue weighted by Gasteiger charge is 2.25. The number of nitriles is 1. The molecule has 3 aromatic heterocycles. The van der Waals surface area contributed by atoms with Crippen LogP contribution in [0.15, 0.2) is 89.8 Å². The minimum atomic E-state index is 0.179. The molecule has 0 aliphatic rings. The molecule has 136 valence electrons. The third-order valence-corrected chi connectivity index (χ3v) is 4.36. The highest BCUT2D eigenvalue weighted by atomic mass is 79.9. The molecule has 28 heavy (non-hydrogen) atoms. The maximum atomic E-state index is 9.73. The van der Waals surface area contributed by atoms with Gasteiger partial charge >= 0.3 is 0 Å². The maximum absolute atomic E-state index is 9.73. The number of benzene rings is 1. The van der Waals surface area contributed by atoms with Gasteiger partial charge in [0.2, 0.25) is 5.88 Å². The normalized spacial score (nSPS) is 11.8. The lowest BCUT2D eigenvalue weighted by Crippen LogP contribution is -1.80. The Kier molecular flexibility index (Phi) is 5.09. The molecular formula is C22H13BrN2O3. The monoisotopic (exact) mass is 432 g/mol. The molecule has 0 fully saturated rings. The van der Waals surface area contributed by atoms with Crippen molar-refractivity contribution >= 4 is 34.1 Å². The van der Waals surface area contributed by atoms with Crippen LogP contribution in [0.25, 0.3) is 28.9 Å². The topological polar surface area (TPSA) is 75.6 Å². The van der Waals surface area contributed by atoms with Gasteiger partial charge in [-0.05, 0) is 51.8 Å². The van der Waals surface area contributed by atoms with Gasteiger partial charge in [-0.15, -0.1) is 0 Å². The van der Waals surface area contributed by atoms with Crippen molar-refractivity contribution in [2.45, 2.75) is 0 Å². The third kappa shape index (κ3) is 3.61. The van der Waals surface area contributed by atoms with Crippen LogP contribution in [0.5, 0.6) is 0 Å². The van der Waals surface area contributed by atoms with Gasteiger partial charge in [-0.1, -0.05) is 30.3 Å². The van der Waals surface area contributed by atoms with Gasteiger partial charge < -0.3 is 13.3 Å². The average molecular weight is 433 g/mol. The van der Waals surface area contributed by atoms with Crippen LogP contribution in [0.4, 0.5) is 5.88 Å². The highest BCUT2D eigenvalue weighted by molar-refractivity contribution is 9.12. The van der Waals surface area contributed by atoms with Crippen LogP contribution in [-0.2, 0) is 0 Å². The maximum Gasteiger partial charge on any atom is 0.238 e. The van der Waals surface area contributed by atoms with Crippen LogP contribution in [0.1, 0.15) is 11.1 Å². The summed E-state index contributed by atoms with van der Waals surface area (Å²) in [6.07, 6.45) is 6.58. The minimum absolute atomic E-state index is 0.179. The molecule has 4 aromatic rings. The Balaban J connectivity index is 1.77. The van der Waals surface area contributed by atoms with Gasteiger partial charge in [0, 0.05) is 10.7 Å². The Morgan fingerprint density at radius 2 is 1.68 bits per heavy atom. The van der Waals surface area contributed by atoms with E-state index in [1.165, 1.54) is 12.5 Å². The predicted octanol–water partition coefficient (Wildman–Crippen LogP) is 6.81. The molecule has 0 amide bonds. The Bertz CT molecular complexity index is 1160. The minimum Gasteiger partial charge on any atom is -0.464 e. The van der Waals surface area contributed by atoms with Crippen molar-refractivity contribution < 1.29 is 13.3 Å². The Morgan fingerprint density at radius 1 is 0.964 bits per heavy atom. The smallest absolute Gasteiger partial charge is 0.238 e. The van der Waals surface area contributed by atoms with E-state index in [1.807, 2.05) is 36.4 Å². The van der Waals surface area contributed by atoms with Gasteiger partial charge in [0.15, 0.2) is 11.5 Å².